The smallest absolute Gasteiger partial charge is 0.230 e. The predicted octanol–water partition coefficient (Wildman–Crippen LogP) is 2.59. The number of anilines is 2. The number of aromatic nitrogens is 3. The van der Waals surface area contributed by atoms with Crippen LogP contribution in [-0.4, -0.2) is 22.1 Å². The molecule has 0 radical (unpaired) electrons. The Kier molecular flexibility index (Phi) is 3.39. The molecule has 5 nitrogen and oxygen atoms in total. The molecule has 0 saturated carbocycles. The molecule has 0 spiro atoms. The molecule has 0 bridgehead atoms. The minimum atomic E-state index is 0.426. The fraction of sp³-hybridized carbons (Fsp3) is 0.182. The van der Waals surface area contributed by atoms with Crippen LogP contribution in [0.4, 0.5) is 11.6 Å². The van der Waals surface area contributed by atoms with E-state index in [9.17, 15) is 0 Å². The van der Waals surface area contributed by atoms with E-state index in [1.807, 2.05) is 13.0 Å². The highest BCUT2D eigenvalue weighted by Crippen LogP contribution is 2.18. The first kappa shape index (κ1) is 11.6. The Hall–Kier alpha value is -1.88. The average Bonchev–Trinajstić information content (AvgIpc) is 2.28. The van der Waals surface area contributed by atoms with Gasteiger partial charge in [0.2, 0.25) is 11.8 Å². The van der Waals surface area contributed by atoms with Crippen molar-refractivity contribution in [1.82, 2.24) is 15.0 Å². The zero-order chi connectivity index (χ0) is 12.3. The summed E-state index contributed by atoms with van der Waals surface area (Å²) in [5.41, 5.74) is 1.61. The minimum Gasteiger partial charge on any atom is -0.481 e. The summed E-state index contributed by atoms with van der Waals surface area (Å²) in [6, 6.07) is 5.24. The number of hydrogen-bond acceptors (Lipinski definition) is 5. The van der Waals surface area contributed by atoms with E-state index in [-0.39, 0.29) is 0 Å². The fourth-order valence-corrected chi connectivity index (χ4v) is 1.60. The van der Waals surface area contributed by atoms with Crippen LogP contribution in [-0.2, 0) is 0 Å². The summed E-state index contributed by atoms with van der Waals surface area (Å²) in [4.78, 5) is 12.3. The average molecular weight is 251 g/mol. The van der Waals surface area contributed by atoms with E-state index in [0.717, 1.165) is 11.4 Å². The lowest BCUT2D eigenvalue weighted by atomic mass is 10.3. The van der Waals surface area contributed by atoms with E-state index in [2.05, 4.69) is 20.3 Å². The van der Waals surface area contributed by atoms with Crippen LogP contribution >= 0.6 is 11.6 Å². The van der Waals surface area contributed by atoms with Gasteiger partial charge < -0.3 is 10.1 Å². The predicted molar refractivity (Wildman–Crippen MR) is 65.9 cm³/mol. The van der Waals surface area contributed by atoms with Gasteiger partial charge in [0.15, 0.2) is 0 Å². The molecule has 1 N–H and O–H groups in total. The van der Waals surface area contributed by atoms with Crippen molar-refractivity contribution in [3.8, 4) is 5.88 Å². The summed E-state index contributed by atoms with van der Waals surface area (Å²) in [6.45, 7) is 1.86. The lowest BCUT2D eigenvalue weighted by molar-refractivity contribution is 0.397. The van der Waals surface area contributed by atoms with Crippen molar-refractivity contribution < 1.29 is 4.74 Å². The van der Waals surface area contributed by atoms with Gasteiger partial charge in [-0.05, 0) is 19.1 Å². The number of hydrogen-bond donors (Lipinski definition) is 1. The molecule has 0 atom stereocenters. The molecule has 0 amide bonds. The van der Waals surface area contributed by atoms with E-state index in [1.165, 1.54) is 0 Å². The number of nitrogens with one attached hydrogen (secondary N) is 1. The molecule has 2 aromatic rings. The Morgan fingerprint density at radius 2 is 2.12 bits per heavy atom. The van der Waals surface area contributed by atoms with Crippen molar-refractivity contribution in [3.63, 3.8) is 0 Å². The van der Waals surface area contributed by atoms with Crippen molar-refractivity contribution >= 4 is 23.2 Å². The molecular weight excluding hydrogens is 240 g/mol. The standard InChI is InChI=1S/C11H11ClN4O/c1-7-5-8(6-9(12)14-7)15-11-13-4-3-10(16-11)17-2/h3-6H,1-2H3,(H,13,14,15,16). The van der Waals surface area contributed by atoms with Crippen molar-refractivity contribution in [2.24, 2.45) is 0 Å². The Morgan fingerprint density at radius 1 is 1.29 bits per heavy atom. The van der Waals surface area contributed by atoms with Crippen LogP contribution in [0.2, 0.25) is 5.15 Å². The zero-order valence-electron chi connectivity index (χ0n) is 9.44. The van der Waals surface area contributed by atoms with Crippen LogP contribution in [0, 0.1) is 6.92 Å². The van der Waals surface area contributed by atoms with Gasteiger partial charge in [-0.15, -0.1) is 0 Å². The first-order valence-corrected chi connectivity index (χ1v) is 5.33. The highest BCUT2D eigenvalue weighted by atomic mass is 35.5. The second-order valence-electron chi connectivity index (χ2n) is 3.37. The van der Waals surface area contributed by atoms with Crippen molar-refractivity contribution in [1.29, 1.82) is 0 Å². The van der Waals surface area contributed by atoms with Crippen LogP contribution in [0.15, 0.2) is 24.4 Å². The van der Waals surface area contributed by atoms with E-state index >= 15 is 0 Å². The summed E-state index contributed by atoms with van der Waals surface area (Å²) >= 11 is 5.86. The van der Waals surface area contributed by atoms with Crippen LogP contribution in [0.5, 0.6) is 5.88 Å². The van der Waals surface area contributed by atoms with Gasteiger partial charge in [0.25, 0.3) is 0 Å². The number of methoxy groups -OCH3 is 1. The molecule has 88 valence electrons. The maximum absolute atomic E-state index is 5.86. The van der Waals surface area contributed by atoms with Gasteiger partial charge >= 0.3 is 0 Å². The summed E-state index contributed by atoms with van der Waals surface area (Å²) in [5, 5.41) is 3.46. The highest BCUT2D eigenvalue weighted by Gasteiger charge is 2.02. The van der Waals surface area contributed by atoms with E-state index in [1.54, 1.807) is 25.4 Å². The Bertz CT molecular complexity index is 512. The van der Waals surface area contributed by atoms with Gasteiger partial charge in [-0.3, -0.25) is 0 Å². The molecule has 2 heterocycles. The topological polar surface area (TPSA) is 59.9 Å². The van der Waals surface area contributed by atoms with Gasteiger partial charge in [0, 0.05) is 23.6 Å². The van der Waals surface area contributed by atoms with Crippen LogP contribution in [0.1, 0.15) is 5.69 Å². The second-order valence-corrected chi connectivity index (χ2v) is 3.75. The molecule has 6 heteroatoms. The lowest BCUT2D eigenvalue weighted by Crippen LogP contribution is -1.99. The first-order valence-electron chi connectivity index (χ1n) is 4.95. The molecule has 2 aromatic heterocycles. The van der Waals surface area contributed by atoms with Crippen LogP contribution < -0.4 is 10.1 Å². The molecule has 0 aliphatic carbocycles. The summed E-state index contributed by atoms with van der Waals surface area (Å²) in [6.07, 6.45) is 1.61. The van der Waals surface area contributed by atoms with Crippen molar-refractivity contribution in [2.45, 2.75) is 6.92 Å². The molecule has 0 fully saturated rings. The third-order valence-electron chi connectivity index (χ3n) is 2.02. The lowest BCUT2D eigenvalue weighted by Gasteiger charge is -2.06. The molecular formula is C11H11ClN4O. The molecule has 2 rings (SSSR count). The molecule has 0 unspecified atom stereocenters. The summed E-state index contributed by atoms with van der Waals surface area (Å²) in [7, 11) is 1.56. The quantitative estimate of drug-likeness (QED) is 0.849. The monoisotopic (exact) mass is 250 g/mol. The molecule has 0 saturated heterocycles. The van der Waals surface area contributed by atoms with Gasteiger partial charge in [-0.1, -0.05) is 11.6 Å². The van der Waals surface area contributed by atoms with Crippen molar-refractivity contribution in [2.75, 3.05) is 12.4 Å². The third-order valence-corrected chi connectivity index (χ3v) is 2.21. The second kappa shape index (κ2) is 4.97. The van der Waals surface area contributed by atoms with Gasteiger partial charge in [-0.25, -0.2) is 9.97 Å². The number of rotatable bonds is 3. The number of pyridine rings is 1. The zero-order valence-corrected chi connectivity index (χ0v) is 10.2. The largest absolute Gasteiger partial charge is 0.481 e. The first-order chi connectivity index (χ1) is 8.17. The Morgan fingerprint density at radius 3 is 2.82 bits per heavy atom. The van der Waals surface area contributed by atoms with Crippen molar-refractivity contribution in [3.05, 3.63) is 35.2 Å². The maximum atomic E-state index is 5.86. The highest BCUT2D eigenvalue weighted by molar-refractivity contribution is 6.29. The fourth-order valence-electron chi connectivity index (χ4n) is 1.35. The van der Waals surface area contributed by atoms with E-state index in [0.29, 0.717) is 17.0 Å². The number of halogens is 1. The van der Waals surface area contributed by atoms with Crippen LogP contribution in [0.3, 0.4) is 0 Å². The van der Waals surface area contributed by atoms with Gasteiger partial charge in [0.05, 0.1) is 7.11 Å². The van der Waals surface area contributed by atoms with Crippen LogP contribution in [0.25, 0.3) is 0 Å². The summed E-state index contributed by atoms with van der Waals surface area (Å²) < 4.78 is 5.01. The summed E-state index contributed by atoms with van der Waals surface area (Å²) in [5.74, 6) is 0.949. The molecule has 0 aromatic carbocycles. The van der Waals surface area contributed by atoms with E-state index in [4.69, 9.17) is 16.3 Å². The molecule has 0 aliphatic heterocycles. The molecule has 0 aliphatic rings. The van der Waals surface area contributed by atoms with Gasteiger partial charge in [0.1, 0.15) is 5.15 Å². The van der Waals surface area contributed by atoms with Gasteiger partial charge in [-0.2, -0.15) is 4.98 Å². The molecule has 17 heavy (non-hydrogen) atoms. The minimum absolute atomic E-state index is 0.426. The Balaban J connectivity index is 2.24. The number of nitrogens with zero attached hydrogens (tertiary/aromatic N) is 3. The third kappa shape index (κ3) is 3.04. The number of ether oxygens (including phenoxy) is 1. The SMILES string of the molecule is COc1ccnc(Nc2cc(C)nc(Cl)c2)n1. The number of aryl methyl sites for hydroxylation is 1. The normalized spacial score (nSPS) is 10.1. The van der Waals surface area contributed by atoms with E-state index < -0.39 is 0 Å². The Labute approximate surface area is 104 Å². The maximum Gasteiger partial charge on any atom is 0.230 e.